The molecule has 5 nitrogen and oxygen atoms in total. The molecule has 0 aromatic heterocycles. The molecule has 0 bridgehead atoms. The molecule has 3 aromatic carbocycles. The SMILES string of the molecule is C/C(=N/NC(=O)[C@@H](C)Oc1ccc(Cl)cc1Cl)c1ccc2ccccc2c1O. The van der Waals surface area contributed by atoms with Gasteiger partial charge in [-0.2, -0.15) is 5.10 Å². The van der Waals surface area contributed by atoms with Gasteiger partial charge in [-0.25, -0.2) is 5.43 Å². The number of fused-ring (bicyclic) bond motifs is 1. The lowest BCUT2D eigenvalue weighted by atomic mass is 10.0. The highest BCUT2D eigenvalue weighted by atomic mass is 35.5. The molecule has 0 fully saturated rings. The van der Waals surface area contributed by atoms with Crippen LogP contribution >= 0.6 is 23.2 Å². The molecule has 0 radical (unpaired) electrons. The van der Waals surface area contributed by atoms with Gasteiger partial charge in [0.2, 0.25) is 0 Å². The molecule has 0 aliphatic heterocycles. The number of aromatic hydroxyl groups is 1. The molecule has 0 saturated carbocycles. The summed E-state index contributed by atoms with van der Waals surface area (Å²) in [6.07, 6.45) is -0.833. The summed E-state index contributed by atoms with van der Waals surface area (Å²) >= 11 is 11.9. The molecule has 28 heavy (non-hydrogen) atoms. The van der Waals surface area contributed by atoms with Gasteiger partial charge in [-0.15, -0.1) is 0 Å². The van der Waals surface area contributed by atoms with Gasteiger partial charge in [0.1, 0.15) is 11.5 Å². The third-order valence-electron chi connectivity index (χ3n) is 4.19. The van der Waals surface area contributed by atoms with Crippen molar-refractivity contribution in [3.05, 3.63) is 70.2 Å². The number of hydrogen-bond acceptors (Lipinski definition) is 4. The van der Waals surface area contributed by atoms with E-state index >= 15 is 0 Å². The number of carbonyl (C=O) groups excluding carboxylic acids is 1. The molecule has 0 aliphatic rings. The lowest BCUT2D eigenvalue weighted by molar-refractivity contribution is -0.127. The molecule has 3 aromatic rings. The molecule has 144 valence electrons. The maximum absolute atomic E-state index is 12.3. The van der Waals surface area contributed by atoms with Gasteiger partial charge < -0.3 is 9.84 Å². The zero-order chi connectivity index (χ0) is 20.3. The van der Waals surface area contributed by atoms with Gasteiger partial charge in [0, 0.05) is 16.0 Å². The molecule has 1 amide bonds. The van der Waals surface area contributed by atoms with Gasteiger partial charge in [-0.05, 0) is 43.5 Å². The van der Waals surface area contributed by atoms with E-state index in [2.05, 4.69) is 10.5 Å². The van der Waals surface area contributed by atoms with Gasteiger partial charge in [-0.1, -0.05) is 53.5 Å². The van der Waals surface area contributed by atoms with Crippen LogP contribution in [0.5, 0.6) is 11.5 Å². The van der Waals surface area contributed by atoms with E-state index in [1.165, 1.54) is 6.07 Å². The highest BCUT2D eigenvalue weighted by Gasteiger charge is 2.16. The summed E-state index contributed by atoms with van der Waals surface area (Å²) in [5.74, 6) is 0.0121. The molecule has 3 rings (SSSR count). The fourth-order valence-corrected chi connectivity index (χ4v) is 3.10. The topological polar surface area (TPSA) is 70.9 Å². The van der Waals surface area contributed by atoms with Gasteiger partial charge in [-0.3, -0.25) is 4.79 Å². The summed E-state index contributed by atoms with van der Waals surface area (Å²) in [6.45, 7) is 3.28. The predicted molar refractivity (Wildman–Crippen MR) is 113 cm³/mol. The van der Waals surface area contributed by atoms with Crippen molar-refractivity contribution in [3.63, 3.8) is 0 Å². The molecule has 1 atom stereocenters. The van der Waals surface area contributed by atoms with Crippen LogP contribution in [0.3, 0.4) is 0 Å². The molecule has 0 spiro atoms. The van der Waals surface area contributed by atoms with Crippen molar-refractivity contribution in [2.45, 2.75) is 20.0 Å². The molecular formula is C21H18Cl2N2O3. The molecule has 0 heterocycles. The van der Waals surface area contributed by atoms with Crippen molar-refractivity contribution in [2.24, 2.45) is 5.10 Å². The number of phenols is 1. The molecule has 2 N–H and O–H groups in total. The number of nitrogens with zero attached hydrogens (tertiary/aromatic N) is 1. The van der Waals surface area contributed by atoms with Crippen LogP contribution in [-0.4, -0.2) is 22.8 Å². The zero-order valence-electron chi connectivity index (χ0n) is 15.2. The van der Waals surface area contributed by atoms with E-state index in [9.17, 15) is 9.90 Å². The van der Waals surface area contributed by atoms with Crippen molar-refractivity contribution in [1.29, 1.82) is 0 Å². The lowest BCUT2D eigenvalue weighted by Crippen LogP contribution is -2.34. The zero-order valence-corrected chi connectivity index (χ0v) is 16.8. The number of nitrogens with one attached hydrogen (secondary N) is 1. The summed E-state index contributed by atoms with van der Waals surface area (Å²) in [6, 6.07) is 15.9. The predicted octanol–water partition coefficient (Wildman–Crippen LogP) is 5.16. The number of ether oxygens (including phenoxy) is 1. The number of hydrogen-bond donors (Lipinski definition) is 2. The van der Waals surface area contributed by atoms with Gasteiger partial charge in [0.25, 0.3) is 5.91 Å². The van der Waals surface area contributed by atoms with Crippen LogP contribution in [0, 0.1) is 0 Å². The Balaban J connectivity index is 1.72. The Labute approximate surface area is 172 Å². The fourth-order valence-electron chi connectivity index (χ4n) is 2.65. The number of amides is 1. The van der Waals surface area contributed by atoms with Crippen molar-refractivity contribution in [3.8, 4) is 11.5 Å². The summed E-state index contributed by atoms with van der Waals surface area (Å²) in [7, 11) is 0. The number of benzene rings is 3. The summed E-state index contributed by atoms with van der Waals surface area (Å²) < 4.78 is 5.56. The first kappa shape index (κ1) is 20.0. The van der Waals surface area contributed by atoms with E-state index in [-0.39, 0.29) is 5.75 Å². The second-order valence-electron chi connectivity index (χ2n) is 6.19. The Morgan fingerprint density at radius 3 is 2.64 bits per heavy atom. The van der Waals surface area contributed by atoms with Crippen molar-refractivity contribution in [1.82, 2.24) is 5.43 Å². The van der Waals surface area contributed by atoms with Crippen LogP contribution in [0.4, 0.5) is 0 Å². The van der Waals surface area contributed by atoms with Crippen LogP contribution in [0.25, 0.3) is 10.8 Å². The molecule has 7 heteroatoms. The van der Waals surface area contributed by atoms with Crippen LogP contribution in [0.2, 0.25) is 10.0 Å². The van der Waals surface area contributed by atoms with Crippen LogP contribution in [0.1, 0.15) is 19.4 Å². The van der Waals surface area contributed by atoms with E-state index in [1.807, 2.05) is 30.3 Å². The Kier molecular flexibility index (Phi) is 6.07. The average Bonchev–Trinajstić information content (AvgIpc) is 2.68. The Morgan fingerprint density at radius 2 is 1.89 bits per heavy atom. The van der Waals surface area contributed by atoms with Crippen LogP contribution in [-0.2, 0) is 4.79 Å². The van der Waals surface area contributed by atoms with Crippen molar-refractivity contribution >= 4 is 45.6 Å². The normalized spacial score (nSPS) is 12.6. The minimum Gasteiger partial charge on any atom is -0.507 e. The van der Waals surface area contributed by atoms with Crippen molar-refractivity contribution < 1.29 is 14.6 Å². The van der Waals surface area contributed by atoms with Gasteiger partial charge in [0.05, 0.1) is 10.7 Å². The second kappa shape index (κ2) is 8.50. The first-order chi connectivity index (χ1) is 13.4. The van der Waals surface area contributed by atoms with Crippen molar-refractivity contribution in [2.75, 3.05) is 0 Å². The minimum atomic E-state index is -0.833. The minimum absolute atomic E-state index is 0.117. The van der Waals surface area contributed by atoms with E-state index in [0.717, 1.165) is 10.8 Å². The summed E-state index contributed by atoms with van der Waals surface area (Å²) in [4.78, 5) is 12.3. The first-order valence-corrected chi connectivity index (χ1v) is 9.29. The maximum atomic E-state index is 12.3. The number of halogens is 2. The van der Waals surface area contributed by atoms with E-state index in [0.29, 0.717) is 27.1 Å². The highest BCUT2D eigenvalue weighted by Crippen LogP contribution is 2.29. The molecule has 0 aliphatic carbocycles. The van der Waals surface area contributed by atoms with Crippen LogP contribution in [0.15, 0.2) is 59.7 Å². The van der Waals surface area contributed by atoms with E-state index in [1.54, 1.807) is 32.0 Å². The Morgan fingerprint density at radius 1 is 1.14 bits per heavy atom. The highest BCUT2D eigenvalue weighted by molar-refractivity contribution is 6.35. The quantitative estimate of drug-likeness (QED) is 0.445. The monoisotopic (exact) mass is 416 g/mol. The molecular weight excluding hydrogens is 399 g/mol. The number of hydrazone groups is 1. The molecule has 0 unspecified atom stereocenters. The Bertz CT molecular complexity index is 1070. The summed E-state index contributed by atoms with van der Waals surface area (Å²) in [5.41, 5.74) is 3.45. The fraction of sp³-hybridized carbons (Fsp3) is 0.143. The second-order valence-corrected chi connectivity index (χ2v) is 7.03. The molecule has 0 saturated heterocycles. The Hall–Kier alpha value is -2.76. The van der Waals surface area contributed by atoms with E-state index < -0.39 is 12.0 Å². The standard InChI is InChI=1S/C21H18Cl2N2O3/c1-12(16-9-7-14-5-3-4-6-17(14)20(16)26)24-25-21(27)13(2)28-19-10-8-15(22)11-18(19)23/h3-11,13,26H,1-2H3,(H,25,27)/b24-12-/t13-/m1/s1. The first-order valence-electron chi connectivity index (χ1n) is 8.53. The van der Waals surface area contributed by atoms with Crippen LogP contribution < -0.4 is 10.2 Å². The third-order valence-corrected chi connectivity index (χ3v) is 4.72. The number of rotatable bonds is 5. The van der Waals surface area contributed by atoms with E-state index in [4.69, 9.17) is 27.9 Å². The van der Waals surface area contributed by atoms with Gasteiger partial charge >= 0.3 is 0 Å². The largest absolute Gasteiger partial charge is 0.507 e. The lowest BCUT2D eigenvalue weighted by Gasteiger charge is -2.14. The number of phenolic OH excluding ortho intramolecular Hbond substituents is 1. The third kappa shape index (κ3) is 4.38. The van der Waals surface area contributed by atoms with Gasteiger partial charge in [0.15, 0.2) is 6.10 Å². The maximum Gasteiger partial charge on any atom is 0.280 e. The number of carbonyl (C=O) groups is 1. The average molecular weight is 417 g/mol. The smallest absolute Gasteiger partial charge is 0.280 e. The summed E-state index contributed by atoms with van der Waals surface area (Å²) in [5, 5.41) is 17.0.